The average Bonchev–Trinajstić information content (AvgIpc) is 2.45. The summed E-state index contributed by atoms with van der Waals surface area (Å²) in [5, 5.41) is 2.97. The molecule has 1 heterocycles. The van der Waals surface area contributed by atoms with Crippen LogP contribution in [0.1, 0.15) is 37.6 Å². The van der Waals surface area contributed by atoms with Crippen LogP contribution >= 0.6 is 11.8 Å². The predicted octanol–water partition coefficient (Wildman–Crippen LogP) is 1.59. The molecule has 2 rings (SSSR count). The van der Waals surface area contributed by atoms with Gasteiger partial charge in [0.1, 0.15) is 5.56 Å². The molecule has 0 aliphatic heterocycles. The van der Waals surface area contributed by atoms with Crippen LogP contribution in [0.4, 0.5) is 0 Å². The molecular weight excluding hydrogens is 286 g/mol. The first-order valence-electron chi connectivity index (χ1n) is 7.26. The lowest BCUT2D eigenvalue weighted by atomic mass is 9.58. The molecule has 21 heavy (non-hydrogen) atoms. The molecule has 0 radical (unpaired) electrons. The first-order valence-corrected chi connectivity index (χ1v) is 8.25. The molecule has 0 aromatic carbocycles. The Hall–Kier alpha value is -1.27. The monoisotopic (exact) mass is 309 g/mol. The maximum absolute atomic E-state index is 12.3. The molecule has 4 N–H and O–H groups in total. The minimum absolute atomic E-state index is 0.0209. The number of nitrogens with one attached hydrogen (secondary N) is 2. The van der Waals surface area contributed by atoms with E-state index in [1.165, 1.54) is 0 Å². The summed E-state index contributed by atoms with van der Waals surface area (Å²) in [6.07, 6.45) is 2.52. The van der Waals surface area contributed by atoms with E-state index >= 15 is 0 Å². The van der Waals surface area contributed by atoms with Gasteiger partial charge in [0.2, 0.25) is 0 Å². The van der Waals surface area contributed by atoms with E-state index in [0.717, 1.165) is 17.1 Å². The summed E-state index contributed by atoms with van der Waals surface area (Å²) in [5.41, 5.74) is 5.53. The SMILES string of the molecule is CCSc1c[nH]c(=O)c(C(=O)NC2CC(CN)C2(C)C)c1. The van der Waals surface area contributed by atoms with Crippen LogP contribution in [0.25, 0.3) is 0 Å². The number of rotatable bonds is 5. The van der Waals surface area contributed by atoms with Crippen molar-refractivity contribution in [3.05, 3.63) is 28.2 Å². The minimum Gasteiger partial charge on any atom is -0.349 e. The van der Waals surface area contributed by atoms with E-state index < -0.39 is 0 Å². The molecule has 5 nitrogen and oxygen atoms in total. The van der Waals surface area contributed by atoms with Gasteiger partial charge in [-0.3, -0.25) is 9.59 Å². The number of aromatic amines is 1. The summed E-state index contributed by atoms with van der Waals surface area (Å²) < 4.78 is 0. The number of hydrogen-bond donors (Lipinski definition) is 3. The highest BCUT2D eigenvalue weighted by Gasteiger charge is 2.47. The maximum Gasteiger partial charge on any atom is 0.260 e. The number of carbonyl (C=O) groups excluding carboxylic acids is 1. The fraction of sp³-hybridized carbons (Fsp3) is 0.600. The van der Waals surface area contributed by atoms with Crippen molar-refractivity contribution >= 4 is 17.7 Å². The number of thioether (sulfide) groups is 1. The highest BCUT2D eigenvalue weighted by molar-refractivity contribution is 7.99. The molecule has 0 spiro atoms. The lowest BCUT2D eigenvalue weighted by Gasteiger charge is -2.52. The van der Waals surface area contributed by atoms with Gasteiger partial charge >= 0.3 is 0 Å². The lowest BCUT2D eigenvalue weighted by Crippen LogP contribution is -2.60. The van der Waals surface area contributed by atoms with Crippen molar-refractivity contribution in [1.82, 2.24) is 10.3 Å². The van der Waals surface area contributed by atoms with Gasteiger partial charge in [0.25, 0.3) is 11.5 Å². The standard InChI is InChI=1S/C15H23N3O2S/c1-4-21-10-6-11(13(19)17-8-10)14(20)18-12-5-9(7-16)15(12,2)3/h6,8-9,12H,4-5,7,16H2,1-3H3,(H,17,19)(H,18,20). The summed E-state index contributed by atoms with van der Waals surface area (Å²) in [6, 6.07) is 1.73. The highest BCUT2D eigenvalue weighted by Crippen LogP contribution is 2.45. The van der Waals surface area contributed by atoms with Gasteiger partial charge in [-0.25, -0.2) is 0 Å². The molecule has 1 aliphatic rings. The Labute approximate surface area is 129 Å². The first kappa shape index (κ1) is 16.1. The number of nitrogens with two attached hydrogens (primary N) is 1. The minimum atomic E-state index is -0.347. The molecule has 2 unspecified atom stereocenters. The molecule has 1 aromatic rings. The van der Waals surface area contributed by atoms with E-state index in [9.17, 15) is 9.59 Å². The van der Waals surface area contributed by atoms with Gasteiger partial charge < -0.3 is 16.0 Å². The van der Waals surface area contributed by atoms with Crippen molar-refractivity contribution in [2.75, 3.05) is 12.3 Å². The van der Waals surface area contributed by atoms with Crippen molar-refractivity contribution in [2.24, 2.45) is 17.1 Å². The van der Waals surface area contributed by atoms with Gasteiger partial charge in [-0.05, 0) is 36.1 Å². The fourth-order valence-corrected chi connectivity index (χ4v) is 3.46. The third-order valence-electron chi connectivity index (χ3n) is 4.49. The summed E-state index contributed by atoms with van der Waals surface area (Å²) in [6.45, 7) is 6.86. The maximum atomic E-state index is 12.3. The molecule has 2 atom stereocenters. The van der Waals surface area contributed by atoms with E-state index in [1.807, 2.05) is 6.92 Å². The number of carbonyl (C=O) groups is 1. The zero-order chi connectivity index (χ0) is 15.6. The molecule has 1 aliphatic carbocycles. The first-order chi connectivity index (χ1) is 9.90. The van der Waals surface area contributed by atoms with Gasteiger partial charge in [-0.15, -0.1) is 11.8 Å². The molecular formula is C15H23N3O2S. The quantitative estimate of drug-likeness (QED) is 0.721. The van der Waals surface area contributed by atoms with Crippen LogP contribution in [0, 0.1) is 11.3 Å². The Bertz CT molecular complexity index is 583. The zero-order valence-electron chi connectivity index (χ0n) is 12.7. The van der Waals surface area contributed by atoms with Crippen molar-refractivity contribution < 1.29 is 4.79 Å². The number of aromatic nitrogens is 1. The zero-order valence-corrected chi connectivity index (χ0v) is 13.5. The van der Waals surface area contributed by atoms with Crippen molar-refractivity contribution in [3.8, 4) is 0 Å². The Morgan fingerprint density at radius 2 is 2.29 bits per heavy atom. The topological polar surface area (TPSA) is 88.0 Å². The number of H-pyrrole nitrogens is 1. The van der Waals surface area contributed by atoms with Gasteiger partial charge in [0.15, 0.2) is 0 Å². The molecule has 6 heteroatoms. The number of pyridine rings is 1. The third kappa shape index (κ3) is 3.16. The van der Waals surface area contributed by atoms with Crippen LogP contribution in [-0.4, -0.2) is 29.2 Å². The average molecular weight is 309 g/mol. The second kappa shape index (κ2) is 6.23. The number of amides is 1. The van der Waals surface area contributed by atoms with E-state index in [2.05, 4.69) is 24.1 Å². The smallest absolute Gasteiger partial charge is 0.260 e. The van der Waals surface area contributed by atoms with Crippen molar-refractivity contribution in [2.45, 2.75) is 38.1 Å². The van der Waals surface area contributed by atoms with E-state index in [0.29, 0.717) is 12.5 Å². The molecule has 1 fully saturated rings. The van der Waals surface area contributed by atoms with Crippen LogP contribution in [0.5, 0.6) is 0 Å². The van der Waals surface area contributed by atoms with Crippen LogP contribution in [0.15, 0.2) is 22.0 Å². The fourth-order valence-electron chi connectivity index (χ4n) is 2.78. The summed E-state index contributed by atoms with van der Waals surface area (Å²) >= 11 is 1.59. The molecule has 1 amide bonds. The lowest BCUT2D eigenvalue weighted by molar-refractivity contribution is 0.0199. The molecule has 116 valence electrons. The Morgan fingerprint density at radius 3 is 2.86 bits per heavy atom. The second-order valence-electron chi connectivity index (χ2n) is 6.03. The molecule has 0 bridgehead atoms. The molecule has 0 saturated heterocycles. The van der Waals surface area contributed by atoms with Gasteiger partial charge in [0, 0.05) is 17.1 Å². The summed E-state index contributed by atoms with van der Waals surface area (Å²) in [7, 11) is 0. The van der Waals surface area contributed by atoms with Crippen LogP contribution in [0.2, 0.25) is 0 Å². The predicted molar refractivity (Wildman–Crippen MR) is 85.7 cm³/mol. The summed E-state index contributed by atoms with van der Waals surface area (Å²) in [4.78, 5) is 27.7. The van der Waals surface area contributed by atoms with Crippen LogP contribution in [0.3, 0.4) is 0 Å². The molecule has 1 saturated carbocycles. The summed E-state index contributed by atoms with van der Waals surface area (Å²) in [5.74, 6) is 1.01. The highest BCUT2D eigenvalue weighted by atomic mass is 32.2. The van der Waals surface area contributed by atoms with Crippen LogP contribution < -0.4 is 16.6 Å². The van der Waals surface area contributed by atoms with Crippen molar-refractivity contribution in [1.29, 1.82) is 0 Å². The Morgan fingerprint density at radius 1 is 1.57 bits per heavy atom. The van der Waals surface area contributed by atoms with Crippen LogP contribution in [-0.2, 0) is 0 Å². The van der Waals surface area contributed by atoms with Gasteiger partial charge in [-0.2, -0.15) is 0 Å². The second-order valence-corrected chi connectivity index (χ2v) is 7.36. The molecule has 1 aromatic heterocycles. The third-order valence-corrected chi connectivity index (χ3v) is 5.35. The van der Waals surface area contributed by atoms with Gasteiger partial charge in [0.05, 0.1) is 0 Å². The largest absolute Gasteiger partial charge is 0.349 e. The van der Waals surface area contributed by atoms with E-state index in [-0.39, 0.29) is 28.5 Å². The van der Waals surface area contributed by atoms with Crippen molar-refractivity contribution in [3.63, 3.8) is 0 Å². The Kier molecular flexibility index (Phi) is 4.78. The Balaban J connectivity index is 2.11. The van der Waals surface area contributed by atoms with E-state index in [4.69, 9.17) is 5.73 Å². The van der Waals surface area contributed by atoms with E-state index in [1.54, 1.807) is 24.0 Å². The van der Waals surface area contributed by atoms with Gasteiger partial charge in [-0.1, -0.05) is 20.8 Å². The normalized spacial score (nSPS) is 23.4. The number of hydrogen-bond acceptors (Lipinski definition) is 4.